The lowest BCUT2D eigenvalue weighted by atomic mass is 10.0. The summed E-state index contributed by atoms with van der Waals surface area (Å²) in [5.74, 6) is 0.774. The highest BCUT2D eigenvalue weighted by atomic mass is 16.5. The quantitative estimate of drug-likeness (QED) is 0.311. The van der Waals surface area contributed by atoms with Crippen molar-refractivity contribution in [3.05, 3.63) is 90.2 Å². The van der Waals surface area contributed by atoms with E-state index in [-0.39, 0.29) is 6.61 Å². The van der Waals surface area contributed by atoms with Crippen molar-refractivity contribution in [2.45, 2.75) is 6.61 Å². The van der Waals surface area contributed by atoms with Crippen LogP contribution in [0.1, 0.15) is 11.1 Å². The topological polar surface area (TPSA) is 60.9 Å². The lowest BCUT2D eigenvalue weighted by Gasteiger charge is -2.19. The van der Waals surface area contributed by atoms with Gasteiger partial charge in [0, 0.05) is 18.8 Å². The number of carbonyl (C=O) groups is 1. The van der Waals surface area contributed by atoms with Gasteiger partial charge in [-0.3, -0.25) is 0 Å². The highest BCUT2D eigenvalue weighted by Gasteiger charge is 2.17. The first-order chi connectivity index (χ1) is 14.6. The molecule has 0 saturated carbocycles. The maximum absolute atomic E-state index is 12.2. The number of para-hydroxylation sites is 1. The van der Waals surface area contributed by atoms with Crippen molar-refractivity contribution < 1.29 is 19.0 Å². The fourth-order valence-electron chi connectivity index (χ4n) is 2.96. The summed E-state index contributed by atoms with van der Waals surface area (Å²) in [6.07, 6.45) is 1.37. The van der Waals surface area contributed by atoms with Crippen LogP contribution in [0, 0.1) is 0 Å². The molecule has 154 valence electrons. The Morgan fingerprint density at radius 3 is 2.43 bits per heavy atom. The van der Waals surface area contributed by atoms with Crippen LogP contribution in [0.25, 0.3) is 5.57 Å². The Morgan fingerprint density at radius 2 is 1.70 bits per heavy atom. The summed E-state index contributed by atoms with van der Waals surface area (Å²) in [6.45, 7) is 0.236. The van der Waals surface area contributed by atoms with Gasteiger partial charge in [-0.15, -0.1) is 0 Å². The minimum atomic E-state index is -0.478. The number of pyridine rings is 1. The van der Waals surface area contributed by atoms with Gasteiger partial charge in [0.1, 0.15) is 18.0 Å². The highest BCUT2D eigenvalue weighted by molar-refractivity contribution is 6.16. The SMILES string of the molecule is COC=C(C(=O)OC)c1ccccc1COc1cccc(N(C)c2ccccc2)n1. The molecule has 0 amide bonds. The average molecular weight is 404 g/mol. The van der Waals surface area contributed by atoms with Crippen molar-refractivity contribution in [2.24, 2.45) is 0 Å². The molecular formula is C24H24N2O4. The van der Waals surface area contributed by atoms with E-state index >= 15 is 0 Å². The van der Waals surface area contributed by atoms with Crippen LogP contribution in [-0.4, -0.2) is 32.2 Å². The lowest BCUT2D eigenvalue weighted by Crippen LogP contribution is -2.12. The number of nitrogens with zero attached hydrogens (tertiary/aromatic N) is 2. The van der Waals surface area contributed by atoms with Gasteiger partial charge in [0.25, 0.3) is 0 Å². The van der Waals surface area contributed by atoms with Crippen LogP contribution in [0.4, 0.5) is 11.5 Å². The molecular weight excluding hydrogens is 380 g/mol. The normalized spacial score (nSPS) is 11.0. The number of esters is 1. The number of aromatic nitrogens is 1. The van der Waals surface area contributed by atoms with E-state index in [0.717, 1.165) is 17.1 Å². The fourth-order valence-corrected chi connectivity index (χ4v) is 2.96. The van der Waals surface area contributed by atoms with Gasteiger partial charge in [0.05, 0.1) is 20.5 Å². The number of hydrogen-bond donors (Lipinski definition) is 0. The highest BCUT2D eigenvalue weighted by Crippen LogP contribution is 2.25. The minimum absolute atomic E-state index is 0.236. The smallest absolute Gasteiger partial charge is 0.341 e. The van der Waals surface area contributed by atoms with Crippen LogP contribution in [0.5, 0.6) is 5.88 Å². The van der Waals surface area contributed by atoms with Gasteiger partial charge < -0.3 is 19.1 Å². The molecule has 0 N–H and O–H groups in total. The second kappa shape index (κ2) is 10.1. The number of ether oxygens (including phenoxy) is 3. The lowest BCUT2D eigenvalue weighted by molar-refractivity contribution is -0.133. The third-order valence-electron chi connectivity index (χ3n) is 4.52. The Bertz CT molecular complexity index is 1020. The van der Waals surface area contributed by atoms with Gasteiger partial charge >= 0.3 is 5.97 Å². The van der Waals surface area contributed by atoms with Crippen molar-refractivity contribution in [3.8, 4) is 5.88 Å². The van der Waals surface area contributed by atoms with Crippen LogP contribution in [0.15, 0.2) is 79.1 Å². The van der Waals surface area contributed by atoms with E-state index in [4.69, 9.17) is 14.2 Å². The van der Waals surface area contributed by atoms with Gasteiger partial charge in [-0.05, 0) is 29.3 Å². The maximum Gasteiger partial charge on any atom is 0.341 e. The molecule has 0 atom stereocenters. The zero-order chi connectivity index (χ0) is 21.3. The van der Waals surface area contributed by atoms with E-state index in [9.17, 15) is 4.79 Å². The summed E-state index contributed by atoms with van der Waals surface area (Å²) in [6, 6.07) is 23.0. The van der Waals surface area contributed by atoms with Crippen molar-refractivity contribution in [2.75, 3.05) is 26.2 Å². The summed E-state index contributed by atoms with van der Waals surface area (Å²) >= 11 is 0. The van der Waals surface area contributed by atoms with Crippen molar-refractivity contribution in [3.63, 3.8) is 0 Å². The Labute approximate surface area is 176 Å². The number of carbonyl (C=O) groups excluding carboxylic acids is 1. The average Bonchev–Trinajstić information content (AvgIpc) is 2.81. The Kier molecular flexibility index (Phi) is 7.05. The van der Waals surface area contributed by atoms with Gasteiger partial charge in [0.2, 0.25) is 5.88 Å². The molecule has 1 heterocycles. The second-order valence-electron chi connectivity index (χ2n) is 6.43. The molecule has 0 unspecified atom stereocenters. The third kappa shape index (κ3) is 4.97. The molecule has 30 heavy (non-hydrogen) atoms. The summed E-state index contributed by atoms with van der Waals surface area (Å²) in [5.41, 5.74) is 2.85. The zero-order valence-corrected chi connectivity index (χ0v) is 17.2. The summed E-state index contributed by atoms with van der Waals surface area (Å²) in [7, 11) is 4.78. The van der Waals surface area contributed by atoms with Gasteiger partial charge in [-0.25, -0.2) is 4.79 Å². The summed E-state index contributed by atoms with van der Waals surface area (Å²) < 4.78 is 15.9. The van der Waals surface area contributed by atoms with Crippen molar-refractivity contribution >= 4 is 23.0 Å². The molecule has 6 heteroatoms. The summed E-state index contributed by atoms with van der Waals surface area (Å²) in [4.78, 5) is 18.7. The van der Waals surface area contributed by atoms with Crippen LogP contribution in [0.2, 0.25) is 0 Å². The minimum Gasteiger partial charge on any atom is -0.503 e. The molecule has 1 aromatic heterocycles. The Hall–Kier alpha value is -3.80. The largest absolute Gasteiger partial charge is 0.503 e. The number of rotatable bonds is 8. The molecule has 3 aromatic rings. The van der Waals surface area contributed by atoms with E-state index in [2.05, 4.69) is 4.98 Å². The van der Waals surface area contributed by atoms with E-state index in [1.165, 1.54) is 20.5 Å². The first-order valence-electron chi connectivity index (χ1n) is 9.42. The predicted molar refractivity (Wildman–Crippen MR) is 117 cm³/mol. The second-order valence-corrected chi connectivity index (χ2v) is 6.43. The zero-order valence-electron chi connectivity index (χ0n) is 17.2. The number of anilines is 2. The van der Waals surface area contributed by atoms with Crippen molar-refractivity contribution in [1.82, 2.24) is 4.98 Å². The molecule has 0 aliphatic rings. The van der Waals surface area contributed by atoms with Crippen LogP contribution in [-0.2, 0) is 20.9 Å². The molecule has 3 rings (SSSR count). The van der Waals surface area contributed by atoms with Crippen LogP contribution in [0.3, 0.4) is 0 Å². The number of methoxy groups -OCH3 is 2. The van der Waals surface area contributed by atoms with E-state index < -0.39 is 5.97 Å². The molecule has 0 bridgehead atoms. The van der Waals surface area contributed by atoms with E-state index in [0.29, 0.717) is 17.0 Å². The molecule has 0 saturated heterocycles. The van der Waals surface area contributed by atoms with E-state index in [1.54, 1.807) is 6.07 Å². The Morgan fingerprint density at radius 1 is 0.967 bits per heavy atom. The van der Waals surface area contributed by atoms with Crippen molar-refractivity contribution in [1.29, 1.82) is 0 Å². The van der Waals surface area contributed by atoms with Gasteiger partial charge in [-0.2, -0.15) is 4.98 Å². The predicted octanol–water partition coefficient (Wildman–Crippen LogP) is 4.59. The van der Waals surface area contributed by atoms with Gasteiger partial charge in [0.15, 0.2) is 0 Å². The fraction of sp³-hybridized carbons (Fsp3) is 0.167. The standard InChI is InChI=1S/C24H24N2O4/c1-26(19-11-5-4-6-12-19)22-14-9-15-23(25-22)30-16-18-10-7-8-13-20(18)21(17-28-2)24(27)29-3/h4-15,17H,16H2,1-3H3. The molecule has 0 radical (unpaired) electrons. The third-order valence-corrected chi connectivity index (χ3v) is 4.52. The van der Waals surface area contributed by atoms with Crippen LogP contribution < -0.4 is 9.64 Å². The molecule has 0 fully saturated rings. The number of hydrogen-bond acceptors (Lipinski definition) is 6. The Balaban J connectivity index is 1.80. The first kappa shape index (κ1) is 20.9. The molecule has 0 aliphatic heterocycles. The molecule has 0 aliphatic carbocycles. The number of benzene rings is 2. The maximum atomic E-state index is 12.2. The molecule has 0 spiro atoms. The first-order valence-corrected chi connectivity index (χ1v) is 9.42. The molecule has 6 nitrogen and oxygen atoms in total. The summed E-state index contributed by atoms with van der Waals surface area (Å²) in [5, 5.41) is 0. The van der Waals surface area contributed by atoms with E-state index in [1.807, 2.05) is 78.7 Å². The molecule has 2 aromatic carbocycles. The van der Waals surface area contributed by atoms with Gasteiger partial charge in [-0.1, -0.05) is 48.5 Å². The van der Waals surface area contributed by atoms with Crippen LogP contribution >= 0.6 is 0 Å². The monoisotopic (exact) mass is 404 g/mol.